The number of carbonyl (C=O) groups is 1. The molecular weight excluding hydrogens is 548 g/mol. The zero-order valence-corrected chi connectivity index (χ0v) is 21.7. The van der Waals surface area contributed by atoms with Gasteiger partial charge in [-0.15, -0.1) is 11.3 Å². The summed E-state index contributed by atoms with van der Waals surface area (Å²) in [7, 11) is 0. The molecule has 0 saturated carbocycles. The third-order valence-electron chi connectivity index (χ3n) is 6.15. The molecule has 7 nitrogen and oxygen atoms in total. The Labute approximate surface area is 224 Å². The first-order valence-electron chi connectivity index (χ1n) is 12.0. The van der Waals surface area contributed by atoms with Crippen molar-refractivity contribution in [3.8, 4) is 16.3 Å². The number of benzene rings is 1. The second-order valence-corrected chi connectivity index (χ2v) is 10.4. The van der Waals surface area contributed by atoms with E-state index >= 15 is 0 Å². The zero-order valence-electron chi connectivity index (χ0n) is 20.9. The van der Waals surface area contributed by atoms with E-state index in [0.717, 1.165) is 22.2 Å². The quantitative estimate of drug-likeness (QED) is 0.270. The molecule has 1 unspecified atom stereocenters. The Morgan fingerprint density at radius 3 is 2.31 bits per heavy atom. The van der Waals surface area contributed by atoms with Crippen molar-refractivity contribution in [3.63, 3.8) is 0 Å². The van der Waals surface area contributed by atoms with Crippen LogP contribution in [0.25, 0.3) is 10.6 Å². The number of aromatic nitrogens is 3. The third-order valence-corrected chi connectivity index (χ3v) is 7.11. The number of piperidine rings is 1. The smallest absolute Gasteiger partial charge is 0.451 e. The number of halogens is 6. The molecule has 1 aliphatic rings. The molecule has 0 bridgehead atoms. The van der Waals surface area contributed by atoms with Gasteiger partial charge in [0.25, 0.3) is 12.3 Å². The Hall–Kier alpha value is -3.26. The molecule has 1 amide bonds. The van der Waals surface area contributed by atoms with Gasteiger partial charge in [-0.2, -0.15) is 13.2 Å². The number of aryl methyl sites for hydroxylation is 1. The average Bonchev–Trinajstić information content (AvgIpc) is 3.34. The van der Waals surface area contributed by atoms with Crippen LogP contribution in [0.3, 0.4) is 0 Å². The Bertz CT molecular complexity index is 1280. The van der Waals surface area contributed by atoms with Crippen molar-refractivity contribution in [2.45, 2.75) is 57.7 Å². The molecular formula is C25H25F6N5O2S. The van der Waals surface area contributed by atoms with E-state index in [0.29, 0.717) is 29.2 Å². The monoisotopic (exact) mass is 573 g/mol. The molecule has 1 fully saturated rings. The molecule has 4 rings (SSSR count). The zero-order chi connectivity index (χ0) is 28.3. The third kappa shape index (κ3) is 7.24. The molecule has 1 aliphatic heterocycles. The van der Waals surface area contributed by atoms with Crippen molar-refractivity contribution in [1.82, 2.24) is 25.2 Å². The minimum atomic E-state index is -4.68. The Morgan fingerprint density at radius 1 is 1.08 bits per heavy atom. The van der Waals surface area contributed by atoms with Gasteiger partial charge in [0, 0.05) is 53.2 Å². The van der Waals surface area contributed by atoms with Crippen LogP contribution in [0.2, 0.25) is 0 Å². The number of hydrogen-bond acceptors (Lipinski definition) is 7. The summed E-state index contributed by atoms with van der Waals surface area (Å²) in [5, 5.41) is 3.36. The lowest BCUT2D eigenvalue weighted by Gasteiger charge is -2.33. The van der Waals surface area contributed by atoms with Gasteiger partial charge in [-0.3, -0.25) is 9.69 Å². The van der Waals surface area contributed by atoms with E-state index in [4.69, 9.17) is 4.74 Å². The van der Waals surface area contributed by atoms with Gasteiger partial charge in [-0.05, 0) is 44.9 Å². The molecule has 0 spiro atoms. The van der Waals surface area contributed by atoms with Gasteiger partial charge in [0.15, 0.2) is 0 Å². The number of likely N-dealkylation sites (tertiary alicyclic amines) is 1. The SMILES string of the molecule is Cc1cnc(-c2cc(OC3CCN(C(F)C(F)F)CC3)cc(C(=O)N[C@H](C)c3cnc(C(F)(F)F)nc3)c2)s1. The highest BCUT2D eigenvalue weighted by molar-refractivity contribution is 7.14. The number of nitrogens with one attached hydrogen (secondary N) is 1. The number of thiazole rings is 1. The molecule has 210 valence electrons. The fourth-order valence-corrected chi connectivity index (χ4v) is 4.82. The van der Waals surface area contributed by atoms with Crippen LogP contribution in [-0.4, -0.2) is 57.7 Å². The lowest BCUT2D eigenvalue weighted by Crippen LogP contribution is -2.45. The van der Waals surface area contributed by atoms with E-state index in [9.17, 15) is 31.1 Å². The van der Waals surface area contributed by atoms with Crippen molar-refractivity contribution >= 4 is 17.2 Å². The van der Waals surface area contributed by atoms with Gasteiger partial charge < -0.3 is 10.1 Å². The molecule has 1 aromatic carbocycles. The molecule has 1 N–H and O–H groups in total. The van der Waals surface area contributed by atoms with Crippen molar-refractivity contribution in [2.75, 3.05) is 13.1 Å². The lowest BCUT2D eigenvalue weighted by molar-refractivity contribution is -0.145. The first-order valence-corrected chi connectivity index (χ1v) is 12.8. The molecule has 14 heteroatoms. The first-order chi connectivity index (χ1) is 18.4. The molecule has 2 aromatic heterocycles. The van der Waals surface area contributed by atoms with Gasteiger partial charge in [0.05, 0.1) is 6.04 Å². The van der Waals surface area contributed by atoms with E-state index in [2.05, 4.69) is 20.3 Å². The predicted octanol–water partition coefficient (Wildman–Crippen LogP) is 5.82. The predicted molar refractivity (Wildman–Crippen MR) is 131 cm³/mol. The maximum absolute atomic E-state index is 13.7. The molecule has 0 radical (unpaired) electrons. The van der Waals surface area contributed by atoms with Gasteiger partial charge in [-0.25, -0.2) is 28.1 Å². The van der Waals surface area contributed by atoms with Crippen LogP contribution in [0.4, 0.5) is 26.3 Å². The van der Waals surface area contributed by atoms with Crippen LogP contribution in [0.15, 0.2) is 36.8 Å². The van der Waals surface area contributed by atoms with Gasteiger partial charge in [-0.1, -0.05) is 0 Å². The average molecular weight is 574 g/mol. The van der Waals surface area contributed by atoms with Crippen LogP contribution in [0.1, 0.15) is 52.4 Å². The molecule has 1 saturated heterocycles. The summed E-state index contributed by atoms with van der Waals surface area (Å²) in [6, 6.07) is 4.14. The van der Waals surface area contributed by atoms with Crippen molar-refractivity contribution in [1.29, 1.82) is 0 Å². The van der Waals surface area contributed by atoms with Crippen LogP contribution in [0.5, 0.6) is 5.75 Å². The highest BCUT2D eigenvalue weighted by atomic mass is 32.1. The van der Waals surface area contributed by atoms with Crippen LogP contribution >= 0.6 is 11.3 Å². The second-order valence-electron chi connectivity index (χ2n) is 9.12. The van der Waals surface area contributed by atoms with E-state index < -0.39 is 36.7 Å². The highest BCUT2D eigenvalue weighted by Crippen LogP contribution is 2.32. The topological polar surface area (TPSA) is 80.2 Å². The number of ether oxygens (including phenoxy) is 1. The summed E-state index contributed by atoms with van der Waals surface area (Å²) in [5.74, 6) is -1.45. The summed E-state index contributed by atoms with van der Waals surface area (Å²) in [6.07, 6.45) is -6.12. The molecule has 0 aliphatic carbocycles. The molecule has 39 heavy (non-hydrogen) atoms. The second kappa shape index (κ2) is 11.9. The lowest BCUT2D eigenvalue weighted by atomic mass is 10.1. The molecule has 3 heterocycles. The van der Waals surface area contributed by atoms with Crippen molar-refractivity contribution < 1.29 is 35.9 Å². The summed E-state index contributed by atoms with van der Waals surface area (Å²) in [4.78, 5) is 26.2. The fourth-order valence-electron chi connectivity index (χ4n) is 4.07. The largest absolute Gasteiger partial charge is 0.490 e. The summed E-state index contributed by atoms with van der Waals surface area (Å²) < 4.78 is 83.4. The number of hydrogen-bond donors (Lipinski definition) is 1. The van der Waals surface area contributed by atoms with Crippen LogP contribution in [-0.2, 0) is 6.18 Å². The normalized spacial score (nSPS) is 16.7. The van der Waals surface area contributed by atoms with Crippen LogP contribution in [0, 0.1) is 6.92 Å². The van der Waals surface area contributed by atoms with Gasteiger partial charge in [0.2, 0.25) is 12.1 Å². The summed E-state index contributed by atoms with van der Waals surface area (Å²) in [6.45, 7) is 3.66. The molecule has 3 aromatic rings. The Balaban J connectivity index is 1.51. The standard InChI is InChI=1S/C25H25F6N5O2S/c1-13-10-32-23(39-13)16-7-15(22(37)35-14(2)17-11-33-24(34-12-17)25(29,30)31)8-19(9-16)38-18-3-5-36(6-4-18)21(28)20(26)27/h7-12,14,18,20-21H,3-6H2,1-2H3,(H,35,37)/t14-,21?/m1/s1. The van der Waals surface area contributed by atoms with E-state index in [1.165, 1.54) is 17.4 Å². The number of nitrogens with zero attached hydrogens (tertiary/aromatic N) is 4. The fraction of sp³-hybridized carbons (Fsp3) is 0.440. The number of alkyl halides is 6. The Morgan fingerprint density at radius 2 is 1.74 bits per heavy atom. The van der Waals surface area contributed by atoms with Crippen molar-refractivity contribution in [2.24, 2.45) is 0 Å². The first kappa shape index (κ1) is 28.7. The minimum absolute atomic E-state index is 0.0988. The van der Waals surface area contributed by atoms with Gasteiger partial charge in [0.1, 0.15) is 16.9 Å². The van der Waals surface area contributed by atoms with Gasteiger partial charge >= 0.3 is 6.18 Å². The van der Waals surface area contributed by atoms with E-state index in [1.54, 1.807) is 25.3 Å². The summed E-state index contributed by atoms with van der Waals surface area (Å²) in [5.41, 5.74) is 1.11. The summed E-state index contributed by atoms with van der Waals surface area (Å²) >= 11 is 1.41. The van der Waals surface area contributed by atoms with Crippen molar-refractivity contribution in [3.05, 3.63) is 58.6 Å². The van der Waals surface area contributed by atoms with E-state index in [1.807, 2.05) is 6.92 Å². The minimum Gasteiger partial charge on any atom is -0.490 e. The van der Waals surface area contributed by atoms with Crippen LogP contribution < -0.4 is 10.1 Å². The highest BCUT2D eigenvalue weighted by Gasteiger charge is 2.34. The maximum Gasteiger partial charge on any atom is 0.451 e. The number of rotatable bonds is 8. The maximum atomic E-state index is 13.7. The van der Waals surface area contributed by atoms with E-state index in [-0.39, 0.29) is 30.3 Å². The number of carbonyl (C=O) groups excluding carboxylic acids is 1. The Kier molecular flexibility index (Phi) is 8.74. The molecule has 2 atom stereocenters. The number of amides is 1.